The summed E-state index contributed by atoms with van der Waals surface area (Å²) in [6.45, 7) is 5.73. The zero-order valence-electron chi connectivity index (χ0n) is 14.1. The molecule has 23 heavy (non-hydrogen) atoms. The molecule has 1 amide bonds. The topological polar surface area (TPSA) is 38.8 Å². The SMILES string of the molecule is COc1ccc2c(c1)[C@H]1[C@H]([C@@H]3C=C[C@H]1C3)N2C(=O)OC(C)(C)C. The van der Waals surface area contributed by atoms with Gasteiger partial charge in [0, 0.05) is 5.92 Å². The quantitative estimate of drug-likeness (QED) is 0.732. The number of benzene rings is 1. The van der Waals surface area contributed by atoms with Crippen LogP contribution in [0.1, 0.15) is 38.7 Å². The van der Waals surface area contributed by atoms with Gasteiger partial charge < -0.3 is 9.47 Å². The summed E-state index contributed by atoms with van der Waals surface area (Å²) in [6, 6.07) is 6.19. The maximum Gasteiger partial charge on any atom is 0.415 e. The highest BCUT2D eigenvalue weighted by atomic mass is 16.6. The van der Waals surface area contributed by atoms with Crippen molar-refractivity contribution in [2.45, 2.75) is 44.8 Å². The molecule has 1 saturated carbocycles. The molecule has 1 fully saturated rings. The Morgan fingerprint density at radius 3 is 2.65 bits per heavy atom. The molecule has 4 nitrogen and oxygen atoms in total. The van der Waals surface area contributed by atoms with Crippen LogP contribution in [0.5, 0.6) is 5.75 Å². The summed E-state index contributed by atoms with van der Waals surface area (Å²) in [6.07, 6.45) is 5.48. The number of hydrogen-bond donors (Lipinski definition) is 0. The number of allylic oxidation sites excluding steroid dienone is 1. The first kappa shape index (κ1) is 14.6. The third-order valence-corrected chi connectivity index (χ3v) is 5.16. The summed E-state index contributed by atoms with van der Waals surface area (Å²) in [5.41, 5.74) is 1.71. The normalized spacial score (nSPS) is 30.3. The van der Waals surface area contributed by atoms with E-state index in [-0.39, 0.29) is 12.1 Å². The maximum absolute atomic E-state index is 12.8. The number of methoxy groups -OCH3 is 1. The van der Waals surface area contributed by atoms with Gasteiger partial charge in [0.05, 0.1) is 18.8 Å². The van der Waals surface area contributed by atoms with Crippen molar-refractivity contribution in [3.8, 4) is 5.75 Å². The average molecular weight is 313 g/mol. The van der Waals surface area contributed by atoms with Crippen LogP contribution in [0, 0.1) is 11.8 Å². The van der Waals surface area contributed by atoms with E-state index in [2.05, 4.69) is 18.2 Å². The lowest BCUT2D eigenvalue weighted by Crippen LogP contribution is -2.44. The number of nitrogens with zero attached hydrogens (tertiary/aromatic N) is 1. The number of amides is 1. The minimum Gasteiger partial charge on any atom is -0.497 e. The van der Waals surface area contributed by atoms with E-state index in [4.69, 9.17) is 9.47 Å². The molecule has 0 aromatic heterocycles. The predicted octanol–water partition coefficient (Wildman–Crippen LogP) is 4.11. The van der Waals surface area contributed by atoms with Gasteiger partial charge in [0.2, 0.25) is 0 Å². The van der Waals surface area contributed by atoms with Gasteiger partial charge in [-0.1, -0.05) is 12.2 Å². The molecule has 0 N–H and O–H groups in total. The summed E-state index contributed by atoms with van der Waals surface area (Å²) < 4.78 is 11.1. The smallest absolute Gasteiger partial charge is 0.415 e. The molecule has 1 aromatic rings. The average Bonchev–Trinajstić information content (AvgIpc) is 3.15. The molecule has 0 spiro atoms. The molecule has 2 bridgehead atoms. The summed E-state index contributed by atoms with van der Waals surface area (Å²) in [7, 11) is 1.68. The second-order valence-corrected chi connectivity index (χ2v) is 7.74. The second kappa shape index (κ2) is 4.76. The second-order valence-electron chi connectivity index (χ2n) is 7.74. The van der Waals surface area contributed by atoms with Crippen LogP contribution < -0.4 is 9.64 Å². The Kier molecular flexibility index (Phi) is 3.03. The summed E-state index contributed by atoms with van der Waals surface area (Å²) in [4.78, 5) is 14.7. The lowest BCUT2D eigenvalue weighted by molar-refractivity contribution is 0.0563. The van der Waals surface area contributed by atoms with E-state index in [1.54, 1.807) is 7.11 Å². The molecule has 1 heterocycles. The van der Waals surface area contributed by atoms with E-state index >= 15 is 0 Å². The molecule has 1 aromatic carbocycles. The van der Waals surface area contributed by atoms with Crippen LogP contribution in [0.3, 0.4) is 0 Å². The maximum atomic E-state index is 12.8. The number of anilines is 1. The molecule has 4 heteroatoms. The molecule has 0 radical (unpaired) electrons. The van der Waals surface area contributed by atoms with Gasteiger partial charge in [-0.25, -0.2) is 4.79 Å². The number of ether oxygens (including phenoxy) is 2. The van der Waals surface area contributed by atoms with Gasteiger partial charge in [-0.2, -0.15) is 0 Å². The Bertz CT molecular complexity index is 688. The number of fused-ring (bicyclic) bond motifs is 7. The van der Waals surface area contributed by atoms with Crippen LogP contribution in [0.2, 0.25) is 0 Å². The third kappa shape index (κ3) is 2.15. The Hall–Kier alpha value is -1.97. The van der Waals surface area contributed by atoms with Crippen molar-refractivity contribution in [2.75, 3.05) is 12.0 Å². The van der Waals surface area contributed by atoms with Gasteiger partial charge >= 0.3 is 6.09 Å². The Balaban J connectivity index is 1.77. The molecule has 0 saturated heterocycles. The zero-order valence-corrected chi connectivity index (χ0v) is 14.1. The molecule has 4 atom stereocenters. The standard InChI is InChI=1S/C19H23NO3/c1-19(2,3)23-18(21)20-15-8-7-13(22-4)10-14(15)16-11-5-6-12(9-11)17(16)20/h5-8,10-12,16-17H,9H2,1-4H3/t11-,12+,16-,17-/m0/s1. The van der Waals surface area contributed by atoms with Crippen LogP contribution in [0.4, 0.5) is 10.5 Å². The van der Waals surface area contributed by atoms with Crippen LogP contribution >= 0.6 is 0 Å². The highest BCUT2D eigenvalue weighted by Crippen LogP contribution is 2.58. The monoisotopic (exact) mass is 313 g/mol. The molecule has 1 aliphatic heterocycles. The van der Waals surface area contributed by atoms with Gasteiger partial charge in [0.1, 0.15) is 11.4 Å². The van der Waals surface area contributed by atoms with Crippen LogP contribution in [0.15, 0.2) is 30.4 Å². The Morgan fingerprint density at radius 2 is 1.96 bits per heavy atom. The van der Waals surface area contributed by atoms with E-state index in [1.807, 2.05) is 37.8 Å². The van der Waals surface area contributed by atoms with E-state index in [0.29, 0.717) is 17.8 Å². The van der Waals surface area contributed by atoms with Crippen molar-refractivity contribution in [3.63, 3.8) is 0 Å². The van der Waals surface area contributed by atoms with E-state index in [9.17, 15) is 4.79 Å². The Morgan fingerprint density at radius 1 is 1.22 bits per heavy atom. The molecular weight excluding hydrogens is 290 g/mol. The lowest BCUT2D eigenvalue weighted by Gasteiger charge is -2.32. The summed E-state index contributed by atoms with van der Waals surface area (Å²) >= 11 is 0. The molecule has 122 valence electrons. The summed E-state index contributed by atoms with van der Waals surface area (Å²) in [5, 5.41) is 0. The molecular formula is C19H23NO3. The highest BCUT2D eigenvalue weighted by molar-refractivity contribution is 5.93. The van der Waals surface area contributed by atoms with Gasteiger partial charge in [0.25, 0.3) is 0 Å². The fraction of sp³-hybridized carbons (Fsp3) is 0.526. The number of rotatable bonds is 1. The van der Waals surface area contributed by atoms with Gasteiger partial charge in [0.15, 0.2) is 0 Å². The first-order chi connectivity index (χ1) is 10.9. The van der Waals surface area contributed by atoms with Crippen molar-refractivity contribution in [1.82, 2.24) is 0 Å². The number of carbonyl (C=O) groups excluding carboxylic acids is 1. The first-order valence-electron chi connectivity index (χ1n) is 8.27. The summed E-state index contributed by atoms with van der Waals surface area (Å²) in [5.74, 6) is 2.15. The molecule has 3 aliphatic rings. The molecule has 4 rings (SSSR count). The number of hydrogen-bond acceptors (Lipinski definition) is 3. The van der Waals surface area contributed by atoms with Crippen LogP contribution in [0.25, 0.3) is 0 Å². The van der Waals surface area contributed by atoms with Crippen molar-refractivity contribution >= 4 is 11.8 Å². The van der Waals surface area contributed by atoms with E-state index in [0.717, 1.165) is 17.9 Å². The minimum absolute atomic E-state index is 0.182. The zero-order chi connectivity index (χ0) is 16.4. The van der Waals surface area contributed by atoms with Crippen molar-refractivity contribution in [2.24, 2.45) is 11.8 Å². The minimum atomic E-state index is -0.491. The van der Waals surface area contributed by atoms with E-state index in [1.165, 1.54) is 5.56 Å². The first-order valence-corrected chi connectivity index (χ1v) is 8.27. The Labute approximate surface area is 137 Å². The largest absolute Gasteiger partial charge is 0.497 e. The fourth-order valence-corrected chi connectivity index (χ4v) is 4.40. The molecule has 0 unspecified atom stereocenters. The third-order valence-electron chi connectivity index (χ3n) is 5.16. The fourth-order valence-electron chi connectivity index (χ4n) is 4.40. The predicted molar refractivity (Wildman–Crippen MR) is 89.0 cm³/mol. The van der Waals surface area contributed by atoms with E-state index < -0.39 is 5.60 Å². The van der Waals surface area contributed by atoms with Crippen LogP contribution in [-0.2, 0) is 4.74 Å². The van der Waals surface area contributed by atoms with Crippen molar-refractivity contribution < 1.29 is 14.3 Å². The number of carbonyl (C=O) groups is 1. The van der Waals surface area contributed by atoms with Crippen LogP contribution in [-0.4, -0.2) is 24.8 Å². The highest BCUT2D eigenvalue weighted by Gasteiger charge is 2.55. The van der Waals surface area contributed by atoms with Crippen molar-refractivity contribution in [3.05, 3.63) is 35.9 Å². The lowest BCUT2D eigenvalue weighted by atomic mass is 9.86. The van der Waals surface area contributed by atoms with Gasteiger partial charge in [-0.15, -0.1) is 0 Å². The van der Waals surface area contributed by atoms with Crippen molar-refractivity contribution in [1.29, 1.82) is 0 Å². The molecule has 2 aliphatic carbocycles. The van der Waals surface area contributed by atoms with Gasteiger partial charge in [-0.05, 0) is 62.8 Å². The van der Waals surface area contributed by atoms with Gasteiger partial charge in [-0.3, -0.25) is 4.90 Å².